The van der Waals surface area contributed by atoms with Crippen molar-refractivity contribution >= 4 is 28.1 Å². The predicted molar refractivity (Wildman–Crippen MR) is 82.2 cm³/mol. The zero-order chi connectivity index (χ0) is 14.4. The molecule has 0 radical (unpaired) electrons. The zero-order valence-corrected chi connectivity index (χ0v) is 12.4. The summed E-state index contributed by atoms with van der Waals surface area (Å²) in [5, 5.41) is 3.94. The number of halogens is 1. The molecule has 2 rings (SSSR count). The molecule has 0 fully saturated rings. The van der Waals surface area contributed by atoms with E-state index in [9.17, 15) is 4.79 Å². The second-order valence-electron chi connectivity index (χ2n) is 3.95. The molecule has 0 saturated heterocycles. The van der Waals surface area contributed by atoms with Crippen LogP contribution in [0.1, 0.15) is 15.9 Å². The second-order valence-corrected chi connectivity index (χ2v) is 4.80. The maximum Gasteiger partial charge on any atom is 0.271 e. The number of rotatable bonds is 4. The lowest BCUT2D eigenvalue weighted by Gasteiger charge is -2.02. The molecule has 1 amide bonds. The van der Waals surface area contributed by atoms with Crippen LogP contribution in [-0.4, -0.2) is 19.2 Å². The predicted octanol–water partition coefficient (Wildman–Crippen LogP) is 3.22. The number of benzene rings is 2. The minimum Gasteiger partial charge on any atom is -0.497 e. The number of hydrazone groups is 1. The standard InChI is InChI=1S/C15H13BrN2O2/c1-20-13-8-6-11(7-9-13)15(19)18-17-10-12-4-2-3-5-14(12)16/h2-10H,1H3,(H,18,19)/b17-10-. The van der Waals surface area contributed by atoms with Crippen LogP contribution >= 0.6 is 15.9 Å². The van der Waals surface area contributed by atoms with E-state index in [1.54, 1.807) is 37.6 Å². The number of nitrogens with one attached hydrogen (secondary N) is 1. The Morgan fingerprint density at radius 1 is 1.20 bits per heavy atom. The molecule has 2 aromatic rings. The SMILES string of the molecule is COc1ccc(C(=O)N/N=C\c2ccccc2Br)cc1. The molecule has 0 aliphatic carbocycles. The van der Waals surface area contributed by atoms with Crippen LogP contribution in [0.25, 0.3) is 0 Å². The number of nitrogens with zero attached hydrogens (tertiary/aromatic N) is 1. The lowest BCUT2D eigenvalue weighted by Crippen LogP contribution is -2.17. The Morgan fingerprint density at radius 3 is 2.55 bits per heavy atom. The summed E-state index contributed by atoms with van der Waals surface area (Å²) < 4.78 is 5.95. The van der Waals surface area contributed by atoms with Gasteiger partial charge in [0.1, 0.15) is 5.75 Å². The maximum absolute atomic E-state index is 11.8. The van der Waals surface area contributed by atoms with Crippen LogP contribution in [-0.2, 0) is 0 Å². The van der Waals surface area contributed by atoms with Gasteiger partial charge in [0.2, 0.25) is 0 Å². The molecule has 102 valence electrons. The minimum atomic E-state index is -0.268. The summed E-state index contributed by atoms with van der Waals surface area (Å²) in [5.41, 5.74) is 3.90. The van der Waals surface area contributed by atoms with Crippen LogP contribution in [0.15, 0.2) is 58.1 Å². The van der Waals surface area contributed by atoms with E-state index < -0.39 is 0 Å². The average molecular weight is 333 g/mol. The minimum absolute atomic E-state index is 0.268. The highest BCUT2D eigenvalue weighted by Crippen LogP contribution is 2.13. The van der Waals surface area contributed by atoms with Crippen molar-refractivity contribution in [1.29, 1.82) is 0 Å². The Balaban J connectivity index is 1.99. The summed E-state index contributed by atoms with van der Waals surface area (Å²) in [6.45, 7) is 0. The lowest BCUT2D eigenvalue weighted by atomic mass is 10.2. The Bertz CT molecular complexity index is 624. The number of carbonyl (C=O) groups excluding carboxylic acids is 1. The summed E-state index contributed by atoms with van der Waals surface area (Å²) in [4.78, 5) is 11.8. The molecule has 0 aliphatic rings. The van der Waals surface area contributed by atoms with Crippen LogP contribution in [0, 0.1) is 0 Å². The van der Waals surface area contributed by atoms with Crippen molar-refractivity contribution < 1.29 is 9.53 Å². The maximum atomic E-state index is 11.8. The van der Waals surface area contributed by atoms with E-state index in [-0.39, 0.29) is 5.91 Å². The fourth-order valence-electron chi connectivity index (χ4n) is 1.55. The third-order valence-corrected chi connectivity index (χ3v) is 3.35. The van der Waals surface area contributed by atoms with Gasteiger partial charge in [-0.1, -0.05) is 34.1 Å². The van der Waals surface area contributed by atoms with Crippen molar-refractivity contribution in [3.63, 3.8) is 0 Å². The highest BCUT2D eigenvalue weighted by molar-refractivity contribution is 9.10. The fraction of sp³-hybridized carbons (Fsp3) is 0.0667. The molecule has 0 bridgehead atoms. The molecule has 0 atom stereocenters. The van der Waals surface area contributed by atoms with Crippen LogP contribution in [0.3, 0.4) is 0 Å². The van der Waals surface area contributed by atoms with Crippen LogP contribution in [0.4, 0.5) is 0 Å². The number of hydrogen-bond acceptors (Lipinski definition) is 3. The van der Waals surface area contributed by atoms with Crippen LogP contribution < -0.4 is 10.2 Å². The number of ether oxygens (including phenoxy) is 1. The third kappa shape index (κ3) is 3.68. The fourth-order valence-corrected chi connectivity index (χ4v) is 1.93. The summed E-state index contributed by atoms with van der Waals surface area (Å²) in [7, 11) is 1.58. The topological polar surface area (TPSA) is 50.7 Å². The summed E-state index contributed by atoms with van der Waals surface area (Å²) >= 11 is 3.41. The zero-order valence-electron chi connectivity index (χ0n) is 10.8. The molecule has 0 spiro atoms. The summed E-state index contributed by atoms with van der Waals surface area (Å²) in [6.07, 6.45) is 1.59. The van der Waals surface area contributed by atoms with E-state index in [2.05, 4.69) is 26.5 Å². The molecule has 0 aromatic heterocycles. The van der Waals surface area contributed by atoms with E-state index in [4.69, 9.17) is 4.74 Å². The van der Waals surface area contributed by atoms with Gasteiger partial charge in [-0.15, -0.1) is 0 Å². The molecule has 2 aromatic carbocycles. The number of carbonyl (C=O) groups is 1. The van der Waals surface area contributed by atoms with E-state index in [1.165, 1.54) is 0 Å². The van der Waals surface area contributed by atoms with Gasteiger partial charge >= 0.3 is 0 Å². The molecular weight excluding hydrogens is 320 g/mol. The van der Waals surface area contributed by atoms with Crippen molar-refractivity contribution in [3.8, 4) is 5.75 Å². The lowest BCUT2D eigenvalue weighted by molar-refractivity contribution is 0.0955. The van der Waals surface area contributed by atoms with Gasteiger partial charge in [0.15, 0.2) is 0 Å². The van der Waals surface area contributed by atoms with Gasteiger partial charge in [0.05, 0.1) is 13.3 Å². The number of methoxy groups -OCH3 is 1. The van der Waals surface area contributed by atoms with Gasteiger partial charge in [-0.05, 0) is 30.3 Å². The Morgan fingerprint density at radius 2 is 1.90 bits per heavy atom. The first-order valence-corrected chi connectivity index (χ1v) is 6.72. The highest BCUT2D eigenvalue weighted by atomic mass is 79.9. The normalized spacial score (nSPS) is 10.5. The molecule has 20 heavy (non-hydrogen) atoms. The van der Waals surface area contributed by atoms with E-state index in [0.29, 0.717) is 11.3 Å². The van der Waals surface area contributed by atoms with Gasteiger partial charge in [0, 0.05) is 15.6 Å². The van der Waals surface area contributed by atoms with Gasteiger partial charge < -0.3 is 4.74 Å². The monoisotopic (exact) mass is 332 g/mol. The summed E-state index contributed by atoms with van der Waals surface area (Å²) in [5.74, 6) is 0.439. The summed E-state index contributed by atoms with van der Waals surface area (Å²) in [6, 6.07) is 14.4. The quantitative estimate of drug-likeness (QED) is 0.690. The first-order valence-electron chi connectivity index (χ1n) is 5.92. The van der Waals surface area contributed by atoms with E-state index >= 15 is 0 Å². The Hall–Kier alpha value is -2.14. The molecule has 5 heteroatoms. The van der Waals surface area contributed by atoms with Gasteiger partial charge in [0.25, 0.3) is 5.91 Å². The number of amides is 1. The molecule has 4 nitrogen and oxygen atoms in total. The molecule has 0 unspecified atom stereocenters. The first-order chi connectivity index (χ1) is 9.70. The third-order valence-electron chi connectivity index (χ3n) is 2.63. The van der Waals surface area contributed by atoms with E-state index in [0.717, 1.165) is 10.0 Å². The van der Waals surface area contributed by atoms with E-state index in [1.807, 2.05) is 24.3 Å². The van der Waals surface area contributed by atoms with Crippen LogP contribution in [0.2, 0.25) is 0 Å². The van der Waals surface area contributed by atoms with Gasteiger partial charge in [-0.25, -0.2) is 5.43 Å². The Labute approximate surface area is 125 Å². The van der Waals surface area contributed by atoms with Crippen molar-refractivity contribution in [2.45, 2.75) is 0 Å². The molecule has 0 heterocycles. The second kappa shape index (κ2) is 6.86. The van der Waals surface area contributed by atoms with Crippen molar-refractivity contribution in [3.05, 3.63) is 64.1 Å². The molecular formula is C15H13BrN2O2. The Kier molecular flexibility index (Phi) is 4.90. The van der Waals surface area contributed by atoms with Crippen LogP contribution in [0.5, 0.6) is 5.75 Å². The molecule has 0 aliphatic heterocycles. The molecule has 0 saturated carbocycles. The van der Waals surface area contributed by atoms with Gasteiger partial charge in [-0.2, -0.15) is 5.10 Å². The smallest absolute Gasteiger partial charge is 0.271 e. The van der Waals surface area contributed by atoms with Crippen molar-refractivity contribution in [1.82, 2.24) is 5.43 Å². The van der Waals surface area contributed by atoms with Crippen molar-refractivity contribution in [2.75, 3.05) is 7.11 Å². The van der Waals surface area contributed by atoms with Crippen molar-refractivity contribution in [2.24, 2.45) is 5.10 Å². The largest absolute Gasteiger partial charge is 0.497 e. The first kappa shape index (κ1) is 14.3. The number of hydrogen-bond donors (Lipinski definition) is 1. The molecule has 1 N–H and O–H groups in total. The van der Waals surface area contributed by atoms with Gasteiger partial charge in [-0.3, -0.25) is 4.79 Å². The highest BCUT2D eigenvalue weighted by Gasteiger charge is 2.03. The average Bonchev–Trinajstić information content (AvgIpc) is 2.49.